The van der Waals surface area contributed by atoms with E-state index in [1.54, 1.807) is 0 Å². The number of fused-ring (bicyclic) bond motifs is 1. The lowest BCUT2D eigenvalue weighted by Gasteiger charge is -2.09. The Kier molecular flexibility index (Phi) is 3.68. The van der Waals surface area contributed by atoms with Crippen molar-refractivity contribution >= 4 is 33.1 Å². The van der Waals surface area contributed by atoms with E-state index >= 15 is 0 Å². The van der Waals surface area contributed by atoms with E-state index in [0.29, 0.717) is 12.1 Å². The van der Waals surface area contributed by atoms with Gasteiger partial charge >= 0.3 is 0 Å². The number of aldehydes is 1. The quantitative estimate of drug-likeness (QED) is 0.675. The monoisotopic (exact) mass is 345 g/mol. The number of carbonyl (C=O) groups excluding carboxylic acids is 1. The van der Waals surface area contributed by atoms with Crippen LogP contribution in [0, 0.1) is 6.92 Å². The zero-order valence-electron chi connectivity index (χ0n) is 12.0. The van der Waals surface area contributed by atoms with Crippen molar-refractivity contribution in [1.29, 1.82) is 0 Å². The Hall–Kier alpha value is -1.88. The van der Waals surface area contributed by atoms with Crippen LogP contribution in [-0.4, -0.2) is 20.6 Å². The van der Waals surface area contributed by atoms with Gasteiger partial charge in [0.05, 0.1) is 27.9 Å². The van der Waals surface area contributed by atoms with Crippen LogP contribution >= 0.6 is 15.9 Å². The molecule has 0 unspecified atom stereocenters. The lowest BCUT2D eigenvalue weighted by atomic mass is 10.1. The molecule has 0 bridgehead atoms. The Morgan fingerprint density at radius 1 is 1.33 bits per heavy atom. The summed E-state index contributed by atoms with van der Waals surface area (Å²) in [7, 11) is 0. The van der Waals surface area contributed by atoms with Gasteiger partial charge in [0, 0.05) is 23.7 Å². The van der Waals surface area contributed by atoms with Crippen molar-refractivity contribution in [1.82, 2.24) is 14.3 Å². The number of aromatic nitrogens is 3. The minimum atomic E-state index is 0.684. The molecule has 0 atom stereocenters. The minimum Gasteiger partial charge on any atom is -0.341 e. The number of hydrogen-bond donors (Lipinski definition) is 0. The molecule has 108 valence electrons. The van der Waals surface area contributed by atoms with Crippen molar-refractivity contribution in [2.75, 3.05) is 0 Å². The lowest BCUT2D eigenvalue weighted by Crippen LogP contribution is -2.08. The van der Waals surface area contributed by atoms with Gasteiger partial charge in [-0.05, 0) is 41.9 Å². The Morgan fingerprint density at radius 2 is 2.14 bits per heavy atom. The van der Waals surface area contributed by atoms with Gasteiger partial charge in [0.15, 0.2) is 6.29 Å². The molecule has 0 spiro atoms. The second kappa shape index (κ2) is 5.48. The third-order valence-corrected chi connectivity index (χ3v) is 4.75. The Morgan fingerprint density at radius 3 is 2.86 bits per heavy atom. The van der Waals surface area contributed by atoms with E-state index in [1.165, 1.54) is 0 Å². The molecule has 0 saturated heterocycles. The van der Waals surface area contributed by atoms with Crippen molar-refractivity contribution in [2.45, 2.75) is 26.9 Å². The predicted octanol–water partition coefficient (Wildman–Crippen LogP) is 3.79. The maximum absolute atomic E-state index is 11.3. The number of rotatable bonds is 4. The molecule has 0 fully saturated rings. The molecule has 0 aliphatic heterocycles. The summed E-state index contributed by atoms with van der Waals surface area (Å²) in [4.78, 5) is 11.3. The number of benzene rings is 1. The van der Waals surface area contributed by atoms with Crippen LogP contribution in [0.3, 0.4) is 0 Å². The van der Waals surface area contributed by atoms with Gasteiger partial charge in [-0.2, -0.15) is 5.10 Å². The molecule has 0 amide bonds. The molecule has 2 aromatic heterocycles. The Labute approximate surface area is 131 Å². The summed E-state index contributed by atoms with van der Waals surface area (Å²) < 4.78 is 5.14. The van der Waals surface area contributed by atoms with Crippen LogP contribution in [0.25, 0.3) is 10.9 Å². The van der Waals surface area contributed by atoms with Crippen molar-refractivity contribution in [2.24, 2.45) is 0 Å². The van der Waals surface area contributed by atoms with E-state index in [4.69, 9.17) is 0 Å². The van der Waals surface area contributed by atoms with Crippen LogP contribution in [0.5, 0.6) is 0 Å². The second-order valence-electron chi connectivity index (χ2n) is 5.01. The number of hydrogen-bond acceptors (Lipinski definition) is 2. The van der Waals surface area contributed by atoms with Gasteiger partial charge in [0.1, 0.15) is 0 Å². The van der Waals surface area contributed by atoms with Crippen LogP contribution < -0.4 is 0 Å². The first-order valence-corrected chi connectivity index (χ1v) is 7.69. The highest BCUT2D eigenvalue weighted by Gasteiger charge is 2.14. The molecule has 0 radical (unpaired) electrons. The molecule has 0 aliphatic carbocycles. The molecule has 0 N–H and O–H groups in total. The second-order valence-corrected chi connectivity index (χ2v) is 5.80. The van der Waals surface area contributed by atoms with E-state index in [-0.39, 0.29) is 0 Å². The van der Waals surface area contributed by atoms with Gasteiger partial charge in [-0.15, -0.1) is 0 Å². The molecule has 5 heteroatoms. The van der Waals surface area contributed by atoms with Crippen LogP contribution in [0.2, 0.25) is 0 Å². The topological polar surface area (TPSA) is 39.8 Å². The lowest BCUT2D eigenvalue weighted by molar-refractivity contribution is 0.112. The van der Waals surface area contributed by atoms with Gasteiger partial charge < -0.3 is 4.57 Å². The third kappa shape index (κ3) is 2.31. The SMILES string of the molecule is CCn1nc(C)c(Br)c1Cn1ccc2cccc(C=O)c21. The van der Waals surface area contributed by atoms with Crippen molar-refractivity contribution in [3.63, 3.8) is 0 Å². The predicted molar refractivity (Wildman–Crippen MR) is 86.8 cm³/mol. The van der Waals surface area contributed by atoms with E-state index in [1.807, 2.05) is 42.1 Å². The van der Waals surface area contributed by atoms with Crippen LogP contribution in [0.1, 0.15) is 28.7 Å². The maximum Gasteiger partial charge on any atom is 0.152 e. The Bertz CT molecular complexity index is 816. The van der Waals surface area contributed by atoms with Gasteiger partial charge in [0.2, 0.25) is 0 Å². The fourth-order valence-electron chi connectivity index (χ4n) is 2.70. The average Bonchev–Trinajstić information content (AvgIpc) is 3.03. The van der Waals surface area contributed by atoms with Crippen molar-refractivity contribution < 1.29 is 4.79 Å². The summed E-state index contributed by atoms with van der Waals surface area (Å²) >= 11 is 3.62. The van der Waals surface area contributed by atoms with Gasteiger partial charge in [0.25, 0.3) is 0 Å². The van der Waals surface area contributed by atoms with Crippen molar-refractivity contribution in [3.8, 4) is 0 Å². The van der Waals surface area contributed by atoms with Crippen LogP contribution in [-0.2, 0) is 13.1 Å². The average molecular weight is 346 g/mol. The molecule has 4 nitrogen and oxygen atoms in total. The molecule has 1 aromatic carbocycles. The zero-order chi connectivity index (χ0) is 15.0. The molecular formula is C16H16BrN3O. The minimum absolute atomic E-state index is 0.684. The van der Waals surface area contributed by atoms with E-state index < -0.39 is 0 Å². The summed E-state index contributed by atoms with van der Waals surface area (Å²) in [5, 5.41) is 5.60. The normalized spacial score (nSPS) is 11.2. The van der Waals surface area contributed by atoms with E-state index in [0.717, 1.165) is 39.6 Å². The maximum atomic E-state index is 11.3. The fraction of sp³-hybridized carbons (Fsp3) is 0.250. The van der Waals surface area contributed by atoms with Crippen molar-refractivity contribution in [3.05, 3.63) is 51.9 Å². The number of halogens is 1. The van der Waals surface area contributed by atoms with E-state index in [9.17, 15) is 4.79 Å². The fourth-order valence-corrected chi connectivity index (χ4v) is 3.11. The number of carbonyl (C=O) groups is 1. The van der Waals surface area contributed by atoms with Gasteiger partial charge in [-0.3, -0.25) is 9.48 Å². The molecule has 3 rings (SSSR count). The first-order chi connectivity index (χ1) is 10.2. The Balaban J connectivity index is 2.13. The number of nitrogens with zero attached hydrogens (tertiary/aromatic N) is 3. The van der Waals surface area contributed by atoms with Crippen LogP contribution in [0.15, 0.2) is 34.9 Å². The molecule has 3 aromatic rings. The number of para-hydroxylation sites is 1. The number of aryl methyl sites for hydroxylation is 2. The largest absolute Gasteiger partial charge is 0.341 e. The summed E-state index contributed by atoms with van der Waals surface area (Å²) in [6.45, 7) is 5.57. The standard InChI is InChI=1S/C16H16BrN3O/c1-3-20-14(15(17)11(2)18-20)9-19-8-7-12-5-4-6-13(10-21)16(12)19/h4-8,10H,3,9H2,1-2H3. The summed E-state index contributed by atoms with van der Waals surface area (Å²) in [6, 6.07) is 7.82. The first-order valence-electron chi connectivity index (χ1n) is 6.90. The molecule has 0 aliphatic rings. The smallest absolute Gasteiger partial charge is 0.152 e. The van der Waals surface area contributed by atoms with E-state index in [2.05, 4.69) is 32.5 Å². The molecular weight excluding hydrogens is 330 g/mol. The van der Waals surface area contributed by atoms with Gasteiger partial charge in [-0.1, -0.05) is 12.1 Å². The molecule has 21 heavy (non-hydrogen) atoms. The summed E-state index contributed by atoms with van der Waals surface area (Å²) in [5.74, 6) is 0. The molecule has 2 heterocycles. The van der Waals surface area contributed by atoms with Crippen LogP contribution in [0.4, 0.5) is 0 Å². The third-order valence-electron chi connectivity index (χ3n) is 3.72. The zero-order valence-corrected chi connectivity index (χ0v) is 13.6. The summed E-state index contributed by atoms with van der Waals surface area (Å²) in [5.41, 5.74) is 3.79. The first kappa shape index (κ1) is 14.1. The highest BCUT2D eigenvalue weighted by Crippen LogP contribution is 2.25. The highest BCUT2D eigenvalue weighted by molar-refractivity contribution is 9.10. The van der Waals surface area contributed by atoms with Gasteiger partial charge in [-0.25, -0.2) is 0 Å². The molecule has 0 saturated carbocycles. The highest BCUT2D eigenvalue weighted by atomic mass is 79.9. The summed E-state index contributed by atoms with van der Waals surface area (Å²) in [6.07, 6.45) is 2.93.